The summed E-state index contributed by atoms with van der Waals surface area (Å²) in [6, 6.07) is 2.83. The standard InChI is InChI=1S/C11H18BrNO3S2/c1-3-8(4-2)9(7-14)13-18(15,16)11-6-5-10(12)17-11/h5-6,8-9,13-14H,3-4,7H2,1-2H3/t9-/m1/s1. The van der Waals surface area contributed by atoms with Gasteiger partial charge in [-0.2, -0.15) is 0 Å². The Labute approximate surface area is 121 Å². The van der Waals surface area contributed by atoms with E-state index in [2.05, 4.69) is 20.7 Å². The predicted octanol–water partition coefficient (Wildman–Crippen LogP) is 2.59. The molecule has 1 aromatic rings. The molecule has 0 unspecified atom stereocenters. The van der Waals surface area contributed by atoms with Crippen LogP contribution in [0.2, 0.25) is 0 Å². The maximum atomic E-state index is 12.1. The van der Waals surface area contributed by atoms with Gasteiger partial charge in [-0.15, -0.1) is 11.3 Å². The third-order valence-corrected chi connectivity index (χ3v) is 6.54. The number of aliphatic hydroxyl groups excluding tert-OH is 1. The second kappa shape index (κ2) is 7.00. The highest BCUT2D eigenvalue weighted by atomic mass is 79.9. The summed E-state index contributed by atoms with van der Waals surface area (Å²) in [5.41, 5.74) is 0. The lowest BCUT2D eigenvalue weighted by Crippen LogP contribution is -2.42. The Hall–Kier alpha value is 0.0500. The minimum atomic E-state index is -3.54. The number of nitrogens with one attached hydrogen (secondary N) is 1. The van der Waals surface area contributed by atoms with Gasteiger partial charge in [0.05, 0.1) is 10.4 Å². The van der Waals surface area contributed by atoms with Crippen molar-refractivity contribution in [2.45, 2.75) is 36.9 Å². The van der Waals surface area contributed by atoms with E-state index in [0.717, 1.165) is 28.0 Å². The summed E-state index contributed by atoms with van der Waals surface area (Å²) in [4.78, 5) is 0. The fourth-order valence-electron chi connectivity index (χ4n) is 1.84. The molecule has 0 bridgehead atoms. The van der Waals surface area contributed by atoms with Crippen LogP contribution in [0.3, 0.4) is 0 Å². The highest BCUT2D eigenvalue weighted by Crippen LogP contribution is 2.26. The van der Waals surface area contributed by atoms with Gasteiger partial charge in [0, 0.05) is 6.04 Å². The largest absolute Gasteiger partial charge is 0.395 e. The molecule has 0 spiro atoms. The smallest absolute Gasteiger partial charge is 0.250 e. The summed E-state index contributed by atoms with van der Waals surface area (Å²) in [6.07, 6.45) is 1.66. The molecule has 0 amide bonds. The number of rotatable bonds is 7. The summed E-state index contributed by atoms with van der Waals surface area (Å²) in [5.74, 6) is 0.146. The highest BCUT2D eigenvalue weighted by molar-refractivity contribution is 9.11. The second-order valence-electron chi connectivity index (χ2n) is 4.05. The average Bonchev–Trinajstić information content (AvgIpc) is 2.76. The van der Waals surface area contributed by atoms with E-state index in [0.29, 0.717) is 0 Å². The Morgan fingerprint density at radius 3 is 2.39 bits per heavy atom. The van der Waals surface area contributed by atoms with Gasteiger partial charge in [-0.1, -0.05) is 26.7 Å². The van der Waals surface area contributed by atoms with Gasteiger partial charge in [-0.3, -0.25) is 0 Å². The molecule has 0 aliphatic heterocycles. The van der Waals surface area contributed by atoms with Gasteiger partial charge in [0.25, 0.3) is 0 Å². The monoisotopic (exact) mass is 355 g/mol. The number of halogens is 1. The molecule has 0 saturated heterocycles. The average molecular weight is 356 g/mol. The van der Waals surface area contributed by atoms with E-state index in [-0.39, 0.29) is 16.7 Å². The van der Waals surface area contributed by atoms with E-state index in [9.17, 15) is 13.5 Å². The topological polar surface area (TPSA) is 66.4 Å². The lowest BCUT2D eigenvalue weighted by molar-refractivity contribution is 0.209. The van der Waals surface area contributed by atoms with Gasteiger partial charge in [-0.25, -0.2) is 13.1 Å². The van der Waals surface area contributed by atoms with E-state index in [1.54, 1.807) is 12.1 Å². The molecule has 0 aliphatic rings. The Balaban J connectivity index is 2.87. The molecular weight excluding hydrogens is 338 g/mol. The predicted molar refractivity (Wildman–Crippen MR) is 77.3 cm³/mol. The molecule has 1 heterocycles. The molecule has 0 fully saturated rings. The van der Waals surface area contributed by atoms with Crippen LogP contribution >= 0.6 is 27.3 Å². The zero-order valence-corrected chi connectivity index (χ0v) is 13.6. The highest BCUT2D eigenvalue weighted by Gasteiger charge is 2.25. The molecule has 1 atom stereocenters. The van der Waals surface area contributed by atoms with Crippen LogP contribution in [0.4, 0.5) is 0 Å². The van der Waals surface area contributed by atoms with Gasteiger partial charge in [0.2, 0.25) is 10.0 Å². The van der Waals surface area contributed by atoms with Gasteiger partial charge in [0.15, 0.2) is 0 Å². The van der Waals surface area contributed by atoms with Crippen LogP contribution in [-0.2, 0) is 10.0 Å². The van der Waals surface area contributed by atoms with Crippen molar-refractivity contribution in [1.82, 2.24) is 4.72 Å². The zero-order valence-electron chi connectivity index (χ0n) is 10.4. The van der Waals surface area contributed by atoms with Crippen LogP contribution in [0, 0.1) is 5.92 Å². The van der Waals surface area contributed by atoms with Crippen molar-refractivity contribution < 1.29 is 13.5 Å². The molecule has 0 aliphatic carbocycles. The fourth-order valence-corrected chi connectivity index (χ4v) is 5.16. The van der Waals surface area contributed by atoms with Gasteiger partial charge in [-0.05, 0) is 34.0 Å². The van der Waals surface area contributed by atoms with Crippen LogP contribution in [0.15, 0.2) is 20.1 Å². The molecular formula is C11H18BrNO3S2. The third kappa shape index (κ3) is 4.03. The second-order valence-corrected chi connectivity index (χ2v) is 8.45. The number of hydrogen-bond donors (Lipinski definition) is 2. The zero-order chi connectivity index (χ0) is 13.8. The van der Waals surface area contributed by atoms with E-state index < -0.39 is 16.1 Å². The third-order valence-electron chi connectivity index (χ3n) is 2.93. The number of hydrogen-bond acceptors (Lipinski definition) is 4. The van der Waals surface area contributed by atoms with E-state index in [4.69, 9.17) is 0 Å². The number of aliphatic hydroxyl groups is 1. The SMILES string of the molecule is CCC(CC)[C@@H](CO)NS(=O)(=O)c1ccc(Br)s1. The van der Waals surface area contributed by atoms with Crippen molar-refractivity contribution in [3.05, 3.63) is 15.9 Å². The molecule has 7 heteroatoms. The van der Waals surface area contributed by atoms with Crippen molar-refractivity contribution in [3.8, 4) is 0 Å². The normalized spacial score (nSPS) is 14.1. The number of thiophene rings is 1. The Morgan fingerprint density at radius 2 is 2.00 bits per heavy atom. The van der Waals surface area contributed by atoms with Crippen LogP contribution in [0.5, 0.6) is 0 Å². The molecule has 1 aromatic heterocycles. The summed E-state index contributed by atoms with van der Waals surface area (Å²) >= 11 is 4.40. The number of sulfonamides is 1. The first-order valence-corrected chi connectivity index (χ1v) is 8.92. The fraction of sp³-hybridized carbons (Fsp3) is 0.636. The van der Waals surface area contributed by atoms with Gasteiger partial charge >= 0.3 is 0 Å². The first-order chi connectivity index (χ1) is 8.44. The van der Waals surface area contributed by atoms with Crippen molar-refractivity contribution in [1.29, 1.82) is 0 Å². The molecule has 0 saturated carbocycles. The van der Waals surface area contributed by atoms with E-state index in [1.807, 2.05) is 13.8 Å². The van der Waals surface area contributed by atoms with Crippen LogP contribution in [0.25, 0.3) is 0 Å². The molecule has 0 radical (unpaired) electrons. The summed E-state index contributed by atoms with van der Waals surface area (Å²) in [6.45, 7) is 3.80. The van der Waals surface area contributed by atoms with Crippen LogP contribution in [0.1, 0.15) is 26.7 Å². The molecule has 4 nitrogen and oxygen atoms in total. The molecule has 104 valence electrons. The summed E-state index contributed by atoms with van der Waals surface area (Å²) < 4.78 is 27.9. The van der Waals surface area contributed by atoms with Gasteiger partial charge in [0.1, 0.15) is 4.21 Å². The van der Waals surface area contributed by atoms with E-state index >= 15 is 0 Å². The van der Waals surface area contributed by atoms with Crippen LogP contribution in [-0.4, -0.2) is 26.2 Å². The van der Waals surface area contributed by atoms with Crippen molar-refractivity contribution >= 4 is 37.3 Å². The summed E-state index contributed by atoms with van der Waals surface area (Å²) in [7, 11) is -3.54. The lowest BCUT2D eigenvalue weighted by atomic mass is 9.96. The molecule has 0 aromatic carbocycles. The molecule has 18 heavy (non-hydrogen) atoms. The maximum Gasteiger partial charge on any atom is 0.250 e. The maximum absolute atomic E-state index is 12.1. The molecule has 1 rings (SSSR count). The minimum Gasteiger partial charge on any atom is -0.395 e. The lowest BCUT2D eigenvalue weighted by Gasteiger charge is -2.23. The Bertz CT molecular complexity index is 468. The van der Waals surface area contributed by atoms with Crippen molar-refractivity contribution in [2.75, 3.05) is 6.61 Å². The minimum absolute atomic E-state index is 0.146. The van der Waals surface area contributed by atoms with Gasteiger partial charge < -0.3 is 5.11 Å². The Morgan fingerprint density at radius 1 is 1.39 bits per heavy atom. The van der Waals surface area contributed by atoms with Crippen molar-refractivity contribution in [2.24, 2.45) is 5.92 Å². The Kier molecular flexibility index (Phi) is 6.26. The summed E-state index contributed by atoms with van der Waals surface area (Å²) in [5, 5.41) is 9.34. The first-order valence-electron chi connectivity index (χ1n) is 5.83. The van der Waals surface area contributed by atoms with Crippen LogP contribution < -0.4 is 4.72 Å². The molecule has 2 N–H and O–H groups in total. The van der Waals surface area contributed by atoms with Crippen molar-refractivity contribution in [3.63, 3.8) is 0 Å². The first kappa shape index (κ1) is 16.1. The van der Waals surface area contributed by atoms with E-state index in [1.165, 1.54) is 0 Å². The quantitative estimate of drug-likeness (QED) is 0.789.